The molecular weight excluding hydrogens is 418 g/mol. The van der Waals surface area contributed by atoms with Gasteiger partial charge < -0.3 is 14.6 Å². The number of hydrogen-bond acceptors (Lipinski definition) is 5. The van der Waals surface area contributed by atoms with Crippen molar-refractivity contribution in [3.05, 3.63) is 47.3 Å². The molecule has 1 aromatic carbocycles. The SMILES string of the molecule is COC(=O)c1cc(S(=O)(=O)N2CCCC2C(=O)Nc2cccc3c2CCCC3)cn1C. The van der Waals surface area contributed by atoms with Gasteiger partial charge in [-0.2, -0.15) is 4.31 Å². The molecule has 1 aromatic heterocycles. The van der Waals surface area contributed by atoms with Gasteiger partial charge in [-0.1, -0.05) is 12.1 Å². The van der Waals surface area contributed by atoms with Gasteiger partial charge in [0, 0.05) is 25.5 Å². The van der Waals surface area contributed by atoms with Crippen molar-refractivity contribution in [2.45, 2.75) is 49.5 Å². The summed E-state index contributed by atoms with van der Waals surface area (Å²) >= 11 is 0. The van der Waals surface area contributed by atoms with Crippen LogP contribution >= 0.6 is 0 Å². The van der Waals surface area contributed by atoms with E-state index in [9.17, 15) is 18.0 Å². The zero-order chi connectivity index (χ0) is 22.2. The van der Waals surface area contributed by atoms with Crippen LogP contribution in [0.1, 0.15) is 47.3 Å². The number of anilines is 1. The van der Waals surface area contributed by atoms with E-state index in [1.807, 2.05) is 12.1 Å². The highest BCUT2D eigenvalue weighted by Gasteiger charge is 2.40. The molecule has 0 bridgehead atoms. The Morgan fingerprint density at radius 3 is 2.71 bits per heavy atom. The van der Waals surface area contributed by atoms with Gasteiger partial charge in [-0.3, -0.25) is 4.79 Å². The molecule has 4 rings (SSSR count). The topological polar surface area (TPSA) is 97.7 Å². The van der Waals surface area contributed by atoms with Gasteiger partial charge in [-0.15, -0.1) is 0 Å². The molecule has 1 atom stereocenters. The minimum atomic E-state index is -3.94. The molecule has 166 valence electrons. The van der Waals surface area contributed by atoms with Crippen molar-refractivity contribution in [2.75, 3.05) is 19.0 Å². The van der Waals surface area contributed by atoms with E-state index in [0.717, 1.165) is 36.9 Å². The van der Waals surface area contributed by atoms with Crippen LogP contribution in [0.5, 0.6) is 0 Å². The number of nitrogens with one attached hydrogen (secondary N) is 1. The second-order valence-electron chi connectivity index (χ2n) is 8.08. The first-order valence-electron chi connectivity index (χ1n) is 10.5. The molecule has 1 unspecified atom stereocenters. The van der Waals surface area contributed by atoms with Crippen LogP contribution in [0.4, 0.5) is 5.69 Å². The Labute approximate surface area is 182 Å². The molecule has 2 heterocycles. The van der Waals surface area contributed by atoms with Gasteiger partial charge in [-0.25, -0.2) is 13.2 Å². The first kappa shape index (κ1) is 21.6. The largest absolute Gasteiger partial charge is 0.464 e. The number of hydrogen-bond donors (Lipinski definition) is 1. The number of aromatic nitrogens is 1. The minimum Gasteiger partial charge on any atom is -0.464 e. The number of amides is 1. The zero-order valence-electron chi connectivity index (χ0n) is 17.8. The summed E-state index contributed by atoms with van der Waals surface area (Å²) in [6.07, 6.45) is 6.57. The number of ether oxygens (including phenoxy) is 1. The van der Waals surface area contributed by atoms with Crippen molar-refractivity contribution in [3.63, 3.8) is 0 Å². The standard InChI is InChI=1S/C22H27N3O5S/c1-24-14-16(13-20(24)22(27)30-2)31(28,29)25-12-6-11-19(25)21(26)23-18-10-5-8-15-7-3-4-9-17(15)18/h5,8,10,13-14,19H,3-4,6-7,9,11-12H2,1-2H3,(H,23,26). The van der Waals surface area contributed by atoms with E-state index in [2.05, 4.69) is 11.4 Å². The summed E-state index contributed by atoms with van der Waals surface area (Å²) in [5.74, 6) is -0.933. The number of carbonyl (C=O) groups is 2. The number of aryl methyl sites for hydroxylation is 2. The number of esters is 1. The molecule has 0 radical (unpaired) electrons. The van der Waals surface area contributed by atoms with Crippen LogP contribution < -0.4 is 5.32 Å². The van der Waals surface area contributed by atoms with Crippen LogP contribution in [0, 0.1) is 0 Å². The predicted molar refractivity (Wildman–Crippen MR) is 115 cm³/mol. The predicted octanol–water partition coefficient (Wildman–Crippen LogP) is 2.48. The second-order valence-corrected chi connectivity index (χ2v) is 9.97. The molecule has 9 heteroatoms. The van der Waals surface area contributed by atoms with Crippen molar-refractivity contribution in [3.8, 4) is 0 Å². The molecule has 2 aliphatic rings. The van der Waals surface area contributed by atoms with Gasteiger partial charge in [0.25, 0.3) is 0 Å². The van der Waals surface area contributed by atoms with Crippen LogP contribution in [0.25, 0.3) is 0 Å². The van der Waals surface area contributed by atoms with Crippen LogP contribution in [0.2, 0.25) is 0 Å². The summed E-state index contributed by atoms with van der Waals surface area (Å²) in [7, 11) is -1.12. The summed E-state index contributed by atoms with van der Waals surface area (Å²) in [6.45, 7) is 0.260. The number of rotatable bonds is 5. The molecule has 1 amide bonds. The fraction of sp³-hybridized carbons (Fsp3) is 0.455. The summed E-state index contributed by atoms with van der Waals surface area (Å²) in [5.41, 5.74) is 3.32. The van der Waals surface area contributed by atoms with Crippen molar-refractivity contribution >= 4 is 27.6 Å². The molecule has 0 spiro atoms. The molecule has 1 aliphatic heterocycles. The maximum atomic E-state index is 13.3. The minimum absolute atomic E-state index is 0.0211. The van der Waals surface area contributed by atoms with Gasteiger partial charge in [0.2, 0.25) is 15.9 Å². The number of fused-ring (bicyclic) bond motifs is 1. The van der Waals surface area contributed by atoms with Crippen molar-refractivity contribution in [2.24, 2.45) is 7.05 Å². The lowest BCUT2D eigenvalue weighted by Crippen LogP contribution is -2.43. The highest BCUT2D eigenvalue weighted by molar-refractivity contribution is 7.89. The van der Waals surface area contributed by atoms with E-state index in [-0.39, 0.29) is 23.0 Å². The summed E-state index contributed by atoms with van der Waals surface area (Å²) in [6, 6.07) is 6.41. The lowest BCUT2D eigenvalue weighted by atomic mass is 9.90. The number of nitrogens with zero attached hydrogens (tertiary/aromatic N) is 2. The van der Waals surface area contributed by atoms with Crippen LogP contribution in [-0.2, 0) is 39.4 Å². The third kappa shape index (κ3) is 3.99. The Hall–Kier alpha value is -2.65. The van der Waals surface area contributed by atoms with E-state index in [1.165, 1.54) is 33.8 Å². The number of benzene rings is 1. The van der Waals surface area contributed by atoms with Crippen LogP contribution in [0.3, 0.4) is 0 Å². The zero-order valence-corrected chi connectivity index (χ0v) is 18.6. The molecule has 1 saturated heterocycles. The van der Waals surface area contributed by atoms with E-state index in [4.69, 9.17) is 4.74 Å². The average molecular weight is 446 g/mol. The summed E-state index contributed by atoms with van der Waals surface area (Å²) in [5, 5.41) is 2.99. The van der Waals surface area contributed by atoms with E-state index < -0.39 is 22.0 Å². The van der Waals surface area contributed by atoms with Gasteiger partial charge in [0.05, 0.1) is 7.11 Å². The lowest BCUT2D eigenvalue weighted by molar-refractivity contribution is -0.119. The van der Waals surface area contributed by atoms with Gasteiger partial charge in [0.15, 0.2) is 0 Å². The highest BCUT2D eigenvalue weighted by atomic mass is 32.2. The second kappa shape index (κ2) is 8.47. The normalized spacial score (nSPS) is 19.1. The molecule has 8 nitrogen and oxygen atoms in total. The third-order valence-corrected chi connectivity index (χ3v) is 8.01. The third-order valence-electron chi connectivity index (χ3n) is 6.14. The Bertz CT molecular complexity index is 1120. The fourth-order valence-electron chi connectivity index (χ4n) is 4.52. The number of sulfonamides is 1. The Morgan fingerprint density at radius 1 is 1.16 bits per heavy atom. The van der Waals surface area contributed by atoms with E-state index in [1.54, 1.807) is 7.05 Å². The van der Waals surface area contributed by atoms with Crippen LogP contribution in [0.15, 0.2) is 35.4 Å². The fourth-order valence-corrected chi connectivity index (χ4v) is 6.25. The molecule has 0 saturated carbocycles. The number of carbonyl (C=O) groups excluding carboxylic acids is 2. The van der Waals surface area contributed by atoms with Crippen molar-refractivity contribution in [1.29, 1.82) is 0 Å². The Morgan fingerprint density at radius 2 is 1.94 bits per heavy atom. The van der Waals surface area contributed by atoms with Gasteiger partial charge >= 0.3 is 5.97 Å². The van der Waals surface area contributed by atoms with Gasteiger partial charge in [0.1, 0.15) is 16.6 Å². The Kier molecular flexibility index (Phi) is 5.90. The van der Waals surface area contributed by atoms with Crippen molar-refractivity contribution < 1.29 is 22.7 Å². The van der Waals surface area contributed by atoms with E-state index >= 15 is 0 Å². The van der Waals surface area contributed by atoms with E-state index in [0.29, 0.717) is 12.8 Å². The highest BCUT2D eigenvalue weighted by Crippen LogP contribution is 2.31. The van der Waals surface area contributed by atoms with Crippen molar-refractivity contribution in [1.82, 2.24) is 8.87 Å². The molecule has 1 aliphatic carbocycles. The monoisotopic (exact) mass is 445 g/mol. The molecule has 1 fully saturated rings. The quantitative estimate of drug-likeness (QED) is 0.713. The van der Waals surface area contributed by atoms with Crippen LogP contribution in [-0.4, -0.2) is 48.9 Å². The summed E-state index contributed by atoms with van der Waals surface area (Å²) < 4.78 is 34.0. The molecule has 2 aromatic rings. The maximum absolute atomic E-state index is 13.3. The summed E-state index contributed by atoms with van der Waals surface area (Å²) in [4.78, 5) is 25.0. The first-order valence-corrected chi connectivity index (χ1v) is 11.9. The molecule has 31 heavy (non-hydrogen) atoms. The Balaban J connectivity index is 1.58. The molecule has 1 N–H and O–H groups in total. The number of methoxy groups -OCH3 is 1. The average Bonchev–Trinajstić information content (AvgIpc) is 3.41. The smallest absolute Gasteiger partial charge is 0.354 e. The first-order chi connectivity index (χ1) is 14.8. The van der Waals surface area contributed by atoms with Gasteiger partial charge in [-0.05, 0) is 61.8 Å². The lowest BCUT2D eigenvalue weighted by Gasteiger charge is -2.24. The maximum Gasteiger partial charge on any atom is 0.354 e. The molecular formula is C22H27N3O5S.